The first-order valence-electron chi connectivity index (χ1n) is 8.33. The van der Waals surface area contributed by atoms with Gasteiger partial charge in [0.15, 0.2) is 5.82 Å². The van der Waals surface area contributed by atoms with Crippen LogP contribution in [-0.2, 0) is 6.54 Å². The summed E-state index contributed by atoms with van der Waals surface area (Å²) < 4.78 is 16.1. The Labute approximate surface area is 152 Å². The highest BCUT2D eigenvalue weighted by Crippen LogP contribution is 2.20. The topological polar surface area (TPSA) is 50.2 Å². The predicted octanol–water partition coefficient (Wildman–Crippen LogP) is 4.29. The molecule has 3 aromatic rings. The zero-order valence-corrected chi connectivity index (χ0v) is 15.0. The molecule has 0 bridgehead atoms. The summed E-state index contributed by atoms with van der Waals surface area (Å²) >= 11 is 0. The van der Waals surface area contributed by atoms with Gasteiger partial charge in [-0.3, -0.25) is 0 Å². The lowest BCUT2D eigenvalue weighted by Gasteiger charge is -2.18. The van der Waals surface area contributed by atoms with E-state index in [2.05, 4.69) is 10.4 Å². The van der Waals surface area contributed by atoms with E-state index >= 15 is 0 Å². The van der Waals surface area contributed by atoms with Crippen molar-refractivity contribution >= 4 is 11.7 Å². The normalized spacial score (nSPS) is 10.6. The van der Waals surface area contributed by atoms with E-state index < -0.39 is 5.82 Å². The molecule has 1 heterocycles. The smallest absolute Gasteiger partial charge is 0.321 e. The Balaban J connectivity index is 1.71. The Morgan fingerprint density at radius 1 is 1.15 bits per heavy atom. The van der Waals surface area contributed by atoms with E-state index in [4.69, 9.17) is 0 Å². The summed E-state index contributed by atoms with van der Waals surface area (Å²) in [6.07, 6.45) is 0. The predicted molar refractivity (Wildman–Crippen MR) is 99.9 cm³/mol. The fraction of sp³-hybridized carbons (Fsp3) is 0.200. The van der Waals surface area contributed by atoms with Crippen molar-refractivity contribution in [1.82, 2.24) is 14.7 Å². The number of aromatic nitrogens is 2. The van der Waals surface area contributed by atoms with E-state index in [1.54, 1.807) is 28.8 Å². The number of nitrogens with zero attached hydrogens (tertiary/aromatic N) is 3. The zero-order chi connectivity index (χ0) is 18.7. The van der Waals surface area contributed by atoms with E-state index in [1.165, 1.54) is 6.07 Å². The molecule has 0 aliphatic carbocycles. The summed E-state index contributed by atoms with van der Waals surface area (Å²) in [6.45, 7) is 4.20. The molecule has 0 unspecified atom stereocenters. The molecule has 0 saturated carbocycles. The van der Waals surface area contributed by atoms with Crippen molar-refractivity contribution in [3.63, 3.8) is 0 Å². The van der Waals surface area contributed by atoms with Gasteiger partial charge in [-0.2, -0.15) is 5.10 Å². The van der Waals surface area contributed by atoms with Crippen LogP contribution in [0, 0.1) is 19.7 Å². The van der Waals surface area contributed by atoms with Gasteiger partial charge in [0, 0.05) is 25.0 Å². The largest absolute Gasteiger partial charge is 0.323 e. The van der Waals surface area contributed by atoms with Gasteiger partial charge in [-0.1, -0.05) is 30.3 Å². The Bertz CT molecular complexity index is 921. The van der Waals surface area contributed by atoms with Gasteiger partial charge in [0.1, 0.15) is 5.69 Å². The van der Waals surface area contributed by atoms with Gasteiger partial charge in [0.05, 0.1) is 5.69 Å². The molecule has 0 radical (unpaired) electrons. The molecule has 6 heteroatoms. The first-order valence-corrected chi connectivity index (χ1v) is 8.33. The van der Waals surface area contributed by atoms with Gasteiger partial charge in [-0.05, 0) is 43.7 Å². The minimum Gasteiger partial charge on any atom is -0.323 e. The molecule has 26 heavy (non-hydrogen) atoms. The maximum atomic E-state index is 14.5. The number of carbonyl (C=O) groups excluding carboxylic acids is 1. The lowest BCUT2D eigenvalue weighted by molar-refractivity contribution is 0.220. The van der Waals surface area contributed by atoms with Crippen LogP contribution in [0.2, 0.25) is 0 Å². The Kier molecular flexibility index (Phi) is 5.02. The quantitative estimate of drug-likeness (QED) is 0.761. The Morgan fingerprint density at radius 3 is 2.50 bits per heavy atom. The van der Waals surface area contributed by atoms with Gasteiger partial charge < -0.3 is 10.2 Å². The maximum Gasteiger partial charge on any atom is 0.321 e. The summed E-state index contributed by atoms with van der Waals surface area (Å²) in [7, 11) is 1.70. The third-order valence-corrected chi connectivity index (χ3v) is 4.05. The third kappa shape index (κ3) is 3.91. The molecule has 0 spiro atoms. The molecule has 0 atom stereocenters. The summed E-state index contributed by atoms with van der Waals surface area (Å²) in [4.78, 5) is 13.9. The second-order valence-corrected chi connectivity index (χ2v) is 6.28. The number of rotatable bonds is 4. The van der Waals surface area contributed by atoms with Crippen LogP contribution in [0.5, 0.6) is 0 Å². The minimum atomic E-state index is -0.445. The van der Waals surface area contributed by atoms with E-state index in [0.717, 1.165) is 17.0 Å². The number of hydrogen-bond acceptors (Lipinski definition) is 2. The number of aryl methyl sites for hydroxylation is 2. The number of anilines is 1. The van der Waals surface area contributed by atoms with Gasteiger partial charge >= 0.3 is 6.03 Å². The van der Waals surface area contributed by atoms with E-state index in [1.807, 2.05) is 50.2 Å². The molecule has 134 valence electrons. The van der Waals surface area contributed by atoms with Crippen LogP contribution in [0.3, 0.4) is 0 Å². The van der Waals surface area contributed by atoms with Crippen molar-refractivity contribution in [1.29, 1.82) is 0 Å². The van der Waals surface area contributed by atoms with Gasteiger partial charge in [-0.15, -0.1) is 0 Å². The van der Waals surface area contributed by atoms with Crippen LogP contribution in [0.4, 0.5) is 14.9 Å². The molecule has 1 aromatic heterocycles. The van der Waals surface area contributed by atoms with E-state index in [-0.39, 0.29) is 6.03 Å². The van der Waals surface area contributed by atoms with Crippen molar-refractivity contribution in [3.05, 3.63) is 77.4 Å². The SMILES string of the molecule is Cc1cc(C)n(-c2ccc(NC(=O)N(C)Cc3ccccc3)cc2F)n1. The summed E-state index contributed by atoms with van der Waals surface area (Å²) in [5.74, 6) is -0.445. The molecule has 0 fully saturated rings. The molecule has 0 aliphatic rings. The van der Waals surface area contributed by atoms with Gasteiger partial charge in [-0.25, -0.2) is 13.9 Å². The van der Waals surface area contributed by atoms with Crippen LogP contribution in [0.15, 0.2) is 54.6 Å². The fourth-order valence-corrected chi connectivity index (χ4v) is 2.78. The van der Waals surface area contributed by atoms with Crippen LogP contribution < -0.4 is 5.32 Å². The highest BCUT2D eigenvalue weighted by molar-refractivity contribution is 5.89. The number of carbonyl (C=O) groups is 1. The van der Waals surface area contributed by atoms with E-state index in [9.17, 15) is 9.18 Å². The molecule has 0 aliphatic heterocycles. The highest BCUT2D eigenvalue weighted by Gasteiger charge is 2.13. The zero-order valence-electron chi connectivity index (χ0n) is 15.0. The summed E-state index contributed by atoms with van der Waals surface area (Å²) in [6, 6.07) is 15.9. The molecule has 3 rings (SSSR count). The second-order valence-electron chi connectivity index (χ2n) is 6.28. The Morgan fingerprint density at radius 2 is 1.88 bits per heavy atom. The summed E-state index contributed by atoms with van der Waals surface area (Å²) in [5.41, 5.74) is 3.45. The lowest BCUT2D eigenvalue weighted by Crippen LogP contribution is -2.30. The van der Waals surface area contributed by atoms with Crippen LogP contribution >= 0.6 is 0 Å². The molecular weight excluding hydrogens is 331 g/mol. The average molecular weight is 352 g/mol. The average Bonchev–Trinajstić information content (AvgIpc) is 2.94. The van der Waals surface area contributed by atoms with Crippen LogP contribution in [-0.4, -0.2) is 27.8 Å². The number of amides is 2. The maximum absolute atomic E-state index is 14.5. The summed E-state index contributed by atoms with van der Waals surface area (Å²) in [5, 5.41) is 7.01. The molecule has 0 saturated heterocycles. The standard InChI is InChI=1S/C20H21FN4O/c1-14-11-15(2)25(23-14)19-10-9-17(12-18(19)21)22-20(26)24(3)13-16-7-5-4-6-8-16/h4-12H,13H2,1-3H3,(H,22,26). The van der Waals surface area contributed by atoms with Crippen molar-refractivity contribution in [3.8, 4) is 5.69 Å². The monoisotopic (exact) mass is 352 g/mol. The van der Waals surface area contributed by atoms with Crippen LogP contribution in [0.1, 0.15) is 17.0 Å². The highest BCUT2D eigenvalue weighted by atomic mass is 19.1. The molecule has 2 aromatic carbocycles. The lowest BCUT2D eigenvalue weighted by atomic mass is 10.2. The first kappa shape index (κ1) is 17.7. The number of halogens is 1. The molecule has 5 nitrogen and oxygen atoms in total. The van der Waals surface area contributed by atoms with Crippen molar-refractivity contribution in [2.24, 2.45) is 0 Å². The number of nitrogens with one attached hydrogen (secondary N) is 1. The van der Waals surface area contributed by atoms with Crippen LogP contribution in [0.25, 0.3) is 5.69 Å². The third-order valence-electron chi connectivity index (χ3n) is 4.05. The molecule has 1 N–H and O–H groups in total. The first-order chi connectivity index (χ1) is 12.4. The Hall–Kier alpha value is -3.15. The number of urea groups is 1. The molecule has 2 amide bonds. The van der Waals surface area contributed by atoms with Crippen molar-refractivity contribution < 1.29 is 9.18 Å². The van der Waals surface area contributed by atoms with Gasteiger partial charge in [0.2, 0.25) is 0 Å². The molecular formula is C20H21FN4O. The second kappa shape index (κ2) is 7.39. The van der Waals surface area contributed by atoms with Gasteiger partial charge in [0.25, 0.3) is 0 Å². The van der Waals surface area contributed by atoms with Crippen molar-refractivity contribution in [2.45, 2.75) is 20.4 Å². The fourth-order valence-electron chi connectivity index (χ4n) is 2.78. The number of benzene rings is 2. The number of hydrogen-bond donors (Lipinski definition) is 1. The van der Waals surface area contributed by atoms with Crippen molar-refractivity contribution in [2.75, 3.05) is 12.4 Å². The van der Waals surface area contributed by atoms with E-state index in [0.29, 0.717) is 17.9 Å². The minimum absolute atomic E-state index is 0.299.